The summed E-state index contributed by atoms with van der Waals surface area (Å²) < 4.78 is 16.6. The number of ether oxygens (including phenoxy) is 3. The molecule has 0 heterocycles. The van der Waals surface area contributed by atoms with E-state index in [1.165, 1.54) is 116 Å². The van der Waals surface area contributed by atoms with Gasteiger partial charge in [-0.1, -0.05) is 187 Å². The van der Waals surface area contributed by atoms with Crippen molar-refractivity contribution in [2.75, 3.05) is 13.2 Å². The average molecular weight is 707 g/mol. The predicted octanol–water partition coefficient (Wildman–Crippen LogP) is 13.5. The molecule has 0 radical (unpaired) electrons. The molecule has 6 heteroatoms. The van der Waals surface area contributed by atoms with Crippen molar-refractivity contribution >= 4 is 17.9 Å². The number of rotatable bonds is 39. The standard InChI is InChI=1S/C44H82O6/c1-4-7-10-13-16-18-20-21-22-23-24-26-28-31-34-37-43(46)49-40-41(39-48-42(45)36-33-30-27-15-12-9-6-3)50-44(47)38-35-32-29-25-19-17-14-11-8-5-2/h11,14,41H,4-10,12-13,15-40H2,1-3H3/b14-11-. The topological polar surface area (TPSA) is 78.9 Å². The van der Waals surface area contributed by atoms with Crippen LogP contribution in [0.3, 0.4) is 0 Å². The summed E-state index contributed by atoms with van der Waals surface area (Å²) in [6.45, 7) is 6.53. The minimum absolute atomic E-state index is 0.0699. The smallest absolute Gasteiger partial charge is 0.306 e. The summed E-state index contributed by atoms with van der Waals surface area (Å²) in [7, 11) is 0. The molecule has 1 atom stereocenters. The summed E-state index contributed by atoms with van der Waals surface area (Å²) in [5.41, 5.74) is 0. The molecular weight excluding hydrogens is 624 g/mol. The SMILES string of the molecule is CCC/C=C\CCCCCCCC(=O)OC(COC(=O)CCCCCCCCC)COC(=O)CCCCCCCCCCCCCCCCC. The van der Waals surface area contributed by atoms with Gasteiger partial charge < -0.3 is 14.2 Å². The van der Waals surface area contributed by atoms with Gasteiger partial charge in [-0.25, -0.2) is 0 Å². The maximum atomic E-state index is 12.6. The third-order valence-electron chi connectivity index (χ3n) is 9.50. The van der Waals surface area contributed by atoms with Crippen LogP contribution in [0, 0.1) is 0 Å². The fraction of sp³-hybridized carbons (Fsp3) is 0.886. The molecule has 0 bridgehead atoms. The van der Waals surface area contributed by atoms with Gasteiger partial charge >= 0.3 is 17.9 Å². The number of carbonyl (C=O) groups excluding carboxylic acids is 3. The maximum Gasteiger partial charge on any atom is 0.306 e. The first kappa shape index (κ1) is 48.1. The van der Waals surface area contributed by atoms with Gasteiger partial charge in [0.1, 0.15) is 13.2 Å². The summed E-state index contributed by atoms with van der Waals surface area (Å²) in [5.74, 6) is -0.882. The number of hydrogen-bond acceptors (Lipinski definition) is 6. The molecule has 0 spiro atoms. The zero-order valence-corrected chi connectivity index (χ0v) is 33.4. The maximum absolute atomic E-state index is 12.6. The second-order valence-electron chi connectivity index (χ2n) is 14.6. The molecule has 0 aromatic rings. The van der Waals surface area contributed by atoms with Crippen LogP contribution in [0.1, 0.15) is 233 Å². The van der Waals surface area contributed by atoms with E-state index in [1.807, 2.05) is 0 Å². The Morgan fingerprint density at radius 1 is 0.380 bits per heavy atom. The second kappa shape index (κ2) is 39.9. The van der Waals surface area contributed by atoms with Crippen LogP contribution in [-0.4, -0.2) is 37.2 Å². The quantitative estimate of drug-likeness (QED) is 0.0274. The summed E-state index contributed by atoms with van der Waals surface area (Å²) >= 11 is 0. The Morgan fingerprint density at radius 3 is 1.08 bits per heavy atom. The lowest BCUT2D eigenvalue weighted by atomic mass is 10.0. The van der Waals surface area contributed by atoms with E-state index in [1.54, 1.807) is 0 Å². The van der Waals surface area contributed by atoms with Gasteiger partial charge in [0.2, 0.25) is 0 Å². The molecule has 0 amide bonds. The van der Waals surface area contributed by atoms with E-state index in [9.17, 15) is 14.4 Å². The monoisotopic (exact) mass is 707 g/mol. The van der Waals surface area contributed by atoms with E-state index in [4.69, 9.17) is 14.2 Å². The molecule has 1 unspecified atom stereocenters. The molecule has 0 saturated heterocycles. The van der Waals surface area contributed by atoms with Gasteiger partial charge in [-0.2, -0.15) is 0 Å². The van der Waals surface area contributed by atoms with Crippen molar-refractivity contribution in [2.45, 2.75) is 239 Å². The third-order valence-corrected chi connectivity index (χ3v) is 9.50. The lowest BCUT2D eigenvalue weighted by Crippen LogP contribution is -2.30. The lowest BCUT2D eigenvalue weighted by Gasteiger charge is -2.18. The van der Waals surface area contributed by atoms with Gasteiger partial charge in [-0.15, -0.1) is 0 Å². The van der Waals surface area contributed by atoms with Gasteiger partial charge in [0.25, 0.3) is 0 Å². The molecule has 0 rings (SSSR count). The van der Waals surface area contributed by atoms with Crippen molar-refractivity contribution in [3.8, 4) is 0 Å². The summed E-state index contributed by atoms with van der Waals surface area (Å²) in [4.78, 5) is 37.5. The molecule has 0 N–H and O–H groups in total. The zero-order chi connectivity index (χ0) is 36.6. The predicted molar refractivity (Wildman–Crippen MR) is 210 cm³/mol. The van der Waals surface area contributed by atoms with Crippen LogP contribution in [0.15, 0.2) is 12.2 Å². The highest BCUT2D eigenvalue weighted by Gasteiger charge is 2.19. The van der Waals surface area contributed by atoms with Crippen molar-refractivity contribution in [3.05, 3.63) is 12.2 Å². The molecule has 0 aliphatic heterocycles. The number of allylic oxidation sites excluding steroid dienone is 2. The van der Waals surface area contributed by atoms with E-state index in [0.29, 0.717) is 19.3 Å². The Morgan fingerprint density at radius 2 is 0.700 bits per heavy atom. The molecule has 0 fully saturated rings. The largest absolute Gasteiger partial charge is 0.462 e. The normalized spacial score (nSPS) is 12.0. The minimum atomic E-state index is -0.764. The van der Waals surface area contributed by atoms with Gasteiger partial charge in [0.15, 0.2) is 6.10 Å². The molecule has 50 heavy (non-hydrogen) atoms. The van der Waals surface area contributed by atoms with Crippen LogP contribution in [-0.2, 0) is 28.6 Å². The van der Waals surface area contributed by atoms with Gasteiger partial charge in [-0.05, 0) is 38.5 Å². The molecule has 6 nitrogen and oxygen atoms in total. The van der Waals surface area contributed by atoms with Crippen molar-refractivity contribution in [3.63, 3.8) is 0 Å². The van der Waals surface area contributed by atoms with Crippen LogP contribution in [0.5, 0.6) is 0 Å². The Bertz CT molecular complexity index is 778. The van der Waals surface area contributed by atoms with Crippen LogP contribution in [0.25, 0.3) is 0 Å². The first-order chi connectivity index (χ1) is 24.5. The Balaban J connectivity index is 4.26. The number of unbranched alkanes of at least 4 members (excludes halogenated alkanes) is 26. The summed E-state index contributed by atoms with van der Waals surface area (Å²) in [6, 6.07) is 0. The summed E-state index contributed by atoms with van der Waals surface area (Å²) in [6.07, 6.45) is 40.6. The molecule has 0 aliphatic carbocycles. The Hall–Kier alpha value is -1.85. The number of hydrogen-bond donors (Lipinski definition) is 0. The van der Waals surface area contributed by atoms with Crippen molar-refractivity contribution < 1.29 is 28.6 Å². The van der Waals surface area contributed by atoms with Crippen LogP contribution >= 0.6 is 0 Å². The van der Waals surface area contributed by atoms with E-state index >= 15 is 0 Å². The van der Waals surface area contributed by atoms with E-state index in [0.717, 1.165) is 77.0 Å². The molecule has 0 aliphatic rings. The minimum Gasteiger partial charge on any atom is -0.462 e. The van der Waals surface area contributed by atoms with Crippen LogP contribution in [0.2, 0.25) is 0 Å². The zero-order valence-electron chi connectivity index (χ0n) is 33.4. The van der Waals surface area contributed by atoms with E-state index in [2.05, 4.69) is 32.9 Å². The van der Waals surface area contributed by atoms with Crippen molar-refractivity contribution in [1.82, 2.24) is 0 Å². The fourth-order valence-corrected chi connectivity index (χ4v) is 6.21. The third kappa shape index (κ3) is 37.4. The molecule has 0 aromatic carbocycles. The highest BCUT2D eigenvalue weighted by atomic mass is 16.6. The molecule has 0 saturated carbocycles. The molecule has 0 aromatic heterocycles. The van der Waals surface area contributed by atoms with Gasteiger partial charge in [-0.3, -0.25) is 14.4 Å². The molecule has 294 valence electrons. The summed E-state index contributed by atoms with van der Waals surface area (Å²) in [5, 5.41) is 0. The first-order valence-electron chi connectivity index (χ1n) is 21.7. The van der Waals surface area contributed by atoms with E-state index < -0.39 is 6.10 Å². The van der Waals surface area contributed by atoms with Gasteiger partial charge in [0.05, 0.1) is 0 Å². The van der Waals surface area contributed by atoms with Crippen molar-refractivity contribution in [1.29, 1.82) is 0 Å². The first-order valence-corrected chi connectivity index (χ1v) is 21.7. The Labute approximate surface area is 310 Å². The highest BCUT2D eigenvalue weighted by Crippen LogP contribution is 2.15. The lowest BCUT2D eigenvalue weighted by molar-refractivity contribution is -0.167. The van der Waals surface area contributed by atoms with E-state index in [-0.39, 0.29) is 31.1 Å². The Kier molecular flexibility index (Phi) is 38.5. The average Bonchev–Trinajstić information content (AvgIpc) is 3.11. The highest BCUT2D eigenvalue weighted by molar-refractivity contribution is 5.71. The van der Waals surface area contributed by atoms with Gasteiger partial charge in [0, 0.05) is 19.3 Å². The van der Waals surface area contributed by atoms with Crippen LogP contribution < -0.4 is 0 Å². The second-order valence-corrected chi connectivity index (χ2v) is 14.6. The van der Waals surface area contributed by atoms with Crippen LogP contribution in [0.4, 0.5) is 0 Å². The van der Waals surface area contributed by atoms with Crippen molar-refractivity contribution in [2.24, 2.45) is 0 Å². The number of esters is 3. The fourth-order valence-electron chi connectivity index (χ4n) is 6.21. The number of carbonyl (C=O) groups is 3. The molecular formula is C44H82O6.